The van der Waals surface area contributed by atoms with Gasteiger partial charge in [-0.2, -0.15) is 4.98 Å². The average Bonchev–Trinajstić information content (AvgIpc) is 2.28. The largest absolute Gasteiger partial charge is 0.368 e. The molecule has 17 heavy (non-hydrogen) atoms. The van der Waals surface area contributed by atoms with Crippen molar-refractivity contribution in [2.24, 2.45) is 0 Å². The van der Waals surface area contributed by atoms with Crippen molar-refractivity contribution in [1.82, 2.24) is 15.3 Å². The summed E-state index contributed by atoms with van der Waals surface area (Å²) < 4.78 is 0. The van der Waals surface area contributed by atoms with Crippen LogP contribution in [0.25, 0.3) is 0 Å². The number of aryl methyl sites for hydroxylation is 1. The highest BCUT2D eigenvalue weighted by Gasteiger charge is 2.02. The van der Waals surface area contributed by atoms with Crippen molar-refractivity contribution in [3.63, 3.8) is 0 Å². The number of hydrogen-bond acceptors (Lipinski definition) is 5. The minimum Gasteiger partial charge on any atom is -0.368 e. The highest BCUT2D eigenvalue weighted by atomic mass is 16.1. The summed E-state index contributed by atoms with van der Waals surface area (Å²) in [4.78, 5) is 19.2. The summed E-state index contributed by atoms with van der Waals surface area (Å²) in [6.45, 7) is 7.44. The first-order valence-electron chi connectivity index (χ1n) is 5.69. The maximum Gasteiger partial charge on any atom is 0.224 e. The molecule has 1 aromatic heterocycles. The molecule has 0 aliphatic rings. The molecule has 0 spiro atoms. The molecule has 6 heteroatoms. The molecule has 0 saturated carbocycles. The Hall–Kier alpha value is -1.85. The number of nitrogens with one attached hydrogen (secondary N) is 3. The second-order valence-electron chi connectivity index (χ2n) is 3.67. The molecule has 3 N–H and O–H groups in total. The third kappa shape index (κ3) is 4.67. The van der Waals surface area contributed by atoms with Gasteiger partial charge in [0.2, 0.25) is 11.9 Å². The van der Waals surface area contributed by atoms with Gasteiger partial charge in [0.15, 0.2) is 0 Å². The Balaban J connectivity index is 2.51. The first kappa shape index (κ1) is 13.2. The predicted octanol–water partition coefficient (Wildman–Crippen LogP) is 0.765. The van der Waals surface area contributed by atoms with E-state index in [-0.39, 0.29) is 5.91 Å². The zero-order chi connectivity index (χ0) is 12.7. The van der Waals surface area contributed by atoms with Crippen LogP contribution in [0, 0.1) is 6.92 Å². The SMILES string of the molecule is CCNc1ncc(C)c(NCCNC(C)=O)n1. The average molecular weight is 237 g/mol. The van der Waals surface area contributed by atoms with Crippen LogP contribution in [0.5, 0.6) is 0 Å². The van der Waals surface area contributed by atoms with Crippen LogP contribution in [0.2, 0.25) is 0 Å². The molecule has 0 unspecified atom stereocenters. The van der Waals surface area contributed by atoms with E-state index in [0.29, 0.717) is 19.0 Å². The molecule has 6 nitrogen and oxygen atoms in total. The van der Waals surface area contributed by atoms with Crippen LogP contribution >= 0.6 is 0 Å². The Morgan fingerprint density at radius 1 is 1.35 bits per heavy atom. The van der Waals surface area contributed by atoms with E-state index >= 15 is 0 Å². The van der Waals surface area contributed by atoms with Crippen molar-refractivity contribution < 1.29 is 4.79 Å². The quantitative estimate of drug-likeness (QED) is 0.637. The van der Waals surface area contributed by atoms with Crippen LogP contribution in [0.1, 0.15) is 19.4 Å². The van der Waals surface area contributed by atoms with E-state index < -0.39 is 0 Å². The summed E-state index contributed by atoms with van der Waals surface area (Å²) >= 11 is 0. The number of carbonyl (C=O) groups is 1. The molecule has 0 aromatic carbocycles. The molecule has 0 fully saturated rings. The lowest BCUT2D eigenvalue weighted by atomic mass is 10.3. The fourth-order valence-corrected chi connectivity index (χ4v) is 1.28. The van der Waals surface area contributed by atoms with Gasteiger partial charge >= 0.3 is 0 Å². The van der Waals surface area contributed by atoms with E-state index in [2.05, 4.69) is 25.9 Å². The number of rotatable bonds is 6. The lowest BCUT2D eigenvalue weighted by Crippen LogP contribution is -2.26. The van der Waals surface area contributed by atoms with E-state index in [9.17, 15) is 4.79 Å². The highest BCUT2D eigenvalue weighted by molar-refractivity contribution is 5.72. The highest BCUT2D eigenvalue weighted by Crippen LogP contribution is 2.11. The van der Waals surface area contributed by atoms with Crippen LogP contribution in [0.3, 0.4) is 0 Å². The summed E-state index contributed by atoms with van der Waals surface area (Å²) in [6.07, 6.45) is 1.77. The van der Waals surface area contributed by atoms with Crippen molar-refractivity contribution in [3.8, 4) is 0 Å². The second-order valence-corrected chi connectivity index (χ2v) is 3.67. The fourth-order valence-electron chi connectivity index (χ4n) is 1.28. The first-order chi connectivity index (χ1) is 8.13. The molecule has 1 aromatic rings. The second kappa shape index (κ2) is 6.67. The van der Waals surface area contributed by atoms with Gasteiger partial charge in [0, 0.05) is 38.3 Å². The van der Waals surface area contributed by atoms with Crippen molar-refractivity contribution in [2.75, 3.05) is 30.3 Å². The molecule has 1 rings (SSSR count). The third-order valence-electron chi connectivity index (χ3n) is 2.10. The molecular weight excluding hydrogens is 218 g/mol. The summed E-state index contributed by atoms with van der Waals surface area (Å²) in [6, 6.07) is 0. The molecule has 0 aliphatic carbocycles. The van der Waals surface area contributed by atoms with Gasteiger partial charge in [-0.3, -0.25) is 4.79 Å². The number of hydrogen-bond donors (Lipinski definition) is 3. The molecule has 0 atom stereocenters. The molecular formula is C11H19N5O. The van der Waals surface area contributed by atoms with Crippen LogP contribution in [0.15, 0.2) is 6.20 Å². The normalized spacial score (nSPS) is 9.82. The number of anilines is 2. The van der Waals surface area contributed by atoms with Crippen LogP contribution in [0.4, 0.5) is 11.8 Å². The minimum atomic E-state index is -0.0282. The zero-order valence-corrected chi connectivity index (χ0v) is 10.5. The van der Waals surface area contributed by atoms with E-state index in [0.717, 1.165) is 17.9 Å². The van der Waals surface area contributed by atoms with Crippen LogP contribution < -0.4 is 16.0 Å². The molecule has 0 radical (unpaired) electrons. The van der Waals surface area contributed by atoms with Crippen molar-refractivity contribution in [3.05, 3.63) is 11.8 Å². The van der Waals surface area contributed by atoms with Crippen LogP contribution in [-0.4, -0.2) is 35.5 Å². The number of carbonyl (C=O) groups excluding carboxylic acids is 1. The van der Waals surface area contributed by atoms with Crippen molar-refractivity contribution in [2.45, 2.75) is 20.8 Å². The van der Waals surface area contributed by atoms with E-state index in [1.165, 1.54) is 6.92 Å². The van der Waals surface area contributed by atoms with Crippen molar-refractivity contribution >= 4 is 17.7 Å². The number of nitrogens with zero attached hydrogens (tertiary/aromatic N) is 2. The predicted molar refractivity (Wildman–Crippen MR) is 68.1 cm³/mol. The Morgan fingerprint density at radius 2 is 2.12 bits per heavy atom. The lowest BCUT2D eigenvalue weighted by molar-refractivity contribution is -0.118. The molecule has 1 heterocycles. The Kier molecular flexibility index (Phi) is 5.19. The van der Waals surface area contributed by atoms with Gasteiger partial charge in [-0.15, -0.1) is 0 Å². The van der Waals surface area contributed by atoms with Gasteiger partial charge in [0.25, 0.3) is 0 Å². The first-order valence-corrected chi connectivity index (χ1v) is 5.69. The smallest absolute Gasteiger partial charge is 0.224 e. The number of aromatic nitrogens is 2. The summed E-state index contributed by atoms with van der Waals surface area (Å²) in [5.74, 6) is 1.38. The maximum absolute atomic E-state index is 10.7. The molecule has 0 bridgehead atoms. The van der Waals surface area contributed by atoms with Gasteiger partial charge in [-0.25, -0.2) is 4.98 Å². The van der Waals surface area contributed by atoms with Gasteiger partial charge in [0.05, 0.1) is 0 Å². The lowest BCUT2D eigenvalue weighted by Gasteiger charge is -2.10. The van der Waals surface area contributed by atoms with Gasteiger partial charge in [-0.1, -0.05) is 0 Å². The molecule has 1 amide bonds. The Bertz CT molecular complexity index is 380. The van der Waals surface area contributed by atoms with E-state index in [4.69, 9.17) is 0 Å². The molecule has 0 saturated heterocycles. The van der Waals surface area contributed by atoms with E-state index in [1.807, 2.05) is 13.8 Å². The summed E-state index contributed by atoms with van der Waals surface area (Å²) in [7, 11) is 0. The van der Waals surface area contributed by atoms with Gasteiger partial charge < -0.3 is 16.0 Å². The van der Waals surface area contributed by atoms with Gasteiger partial charge in [0.1, 0.15) is 5.82 Å². The van der Waals surface area contributed by atoms with Crippen molar-refractivity contribution in [1.29, 1.82) is 0 Å². The van der Waals surface area contributed by atoms with Crippen LogP contribution in [-0.2, 0) is 4.79 Å². The monoisotopic (exact) mass is 237 g/mol. The summed E-state index contributed by atoms with van der Waals surface area (Å²) in [5.41, 5.74) is 0.981. The summed E-state index contributed by atoms with van der Waals surface area (Å²) in [5, 5.41) is 8.93. The Morgan fingerprint density at radius 3 is 2.76 bits per heavy atom. The minimum absolute atomic E-state index is 0.0282. The molecule has 0 aliphatic heterocycles. The topological polar surface area (TPSA) is 78.9 Å². The Labute approximate surface area is 101 Å². The maximum atomic E-state index is 10.7. The standard InChI is InChI=1S/C11H19N5O/c1-4-12-11-15-7-8(2)10(16-11)14-6-5-13-9(3)17/h7H,4-6H2,1-3H3,(H,13,17)(H2,12,14,15,16). The fraction of sp³-hybridized carbons (Fsp3) is 0.545. The number of amides is 1. The van der Waals surface area contributed by atoms with E-state index in [1.54, 1.807) is 6.20 Å². The van der Waals surface area contributed by atoms with Gasteiger partial charge in [-0.05, 0) is 13.8 Å². The molecule has 94 valence electrons. The third-order valence-corrected chi connectivity index (χ3v) is 2.10. The zero-order valence-electron chi connectivity index (χ0n) is 10.5.